The second-order valence-corrected chi connectivity index (χ2v) is 8.61. The Morgan fingerprint density at radius 3 is 2.70 bits per heavy atom. The van der Waals surface area contributed by atoms with E-state index >= 15 is 0 Å². The van der Waals surface area contributed by atoms with Crippen molar-refractivity contribution in [2.24, 2.45) is 23.5 Å². The van der Waals surface area contributed by atoms with Crippen molar-refractivity contribution < 1.29 is 19.0 Å². The third-order valence-electron chi connectivity index (χ3n) is 7.32. The number of nitrogens with one attached hydrogen (secondary N) is 1. The van der Waals surface area contributed by atoms with Gasteiger partial charge in [-0.1, -0.05) is 6.07 Å². The molecule has 146 valence electrons. The van der Waals surface area contributed by atoms with Gasteiger partial charge in [-0.2, -0.15) is 0 Å². The molecule has 4 aliphatic rings. The Kier molecular flexibility index (Phi) is 4.28. The highest BCUT2D eigenvalue weighted by molar-refractivity contribution is 5.80. The van der Waals surface area contributed by atoms with E-state index in [0.717, 1.165) is 37.2 Å². The number of rotatable bonds is 4. The Balaban J connectivity index is 1.34. The molecule has 6 heteroatoms. The van der Waals surface area contributed by atoms with Gasteiger partial charge in [0.05, 0.1) is 5.92 Å². The molecule has 0 radical (unpaired) electrons. The molecule has 1 amide bonds. The lowest BCUT2D eigenvalue weighted by atomic mass is 9.73. The first-order valence-corrected chi connectivity index (χ1v) is 10.2. The molecule has 1 aromatic rings. The van der Waals surface area contributed by atoms with Gasteiger partial charge in [-0.05, 0) is 61.6 Å². The van der Waals surface area contributed by atoms with Crippen LogP contribution in [0.15, 0.2) is 18.2 Å². The summed E-state index contributed by atoms with van der Waals surface area (Å²) in [6.07, 6.45) is 5.23. The van der Waals surface area contributed by atoms with Gasteiger partial charge in [0.25, 0.3) is 0 Å². The lowest BCUT2D eigenvalue weighted by Gasteiger charge is -2.38. The maximum absolute atomic E-state index is 13.0. The normalized spacial score (nSPS) is 33.2. The van der Waals surface area contributed by atoms with Crippen LogP contribution >= 0.6 is 0 Å². The van der Waals surface area contributed by atoms with Crippen LogP contribution in [0.4, 0.5) is 0 Å². The van der Waals surface area contributed by atoms with Crippen LogP contribution in [-0.2, 0) is 14.9 Å². The molecule has 1 saturated heterocycles. The van der Waals surface area contributed by atoms with Crippen molar-refractivity contribution in [1.29, 1.82) is 0 Å². The van der Waals surface area contributed by atoms with Gasteiger partial charge in [-0.15, -0.1) is 0 Å². The van der Waals surface area contributed by atoms with Gasteiger partial charge in [0.2, 0.25) is 12.7 Å². The van der Waals surface area contributed by atoms with Crippen molar-refractivity contribution in [1.82, 2.24) is 5.32 Å². The topological polar surface area (TPSA) is 82.8 Å². The average Bonchev–Trinajstić information content (AvgIpc) is 3.42. The van der Waals surface area contributed by atoms with E-state index in [0.29, 0.717) is 31.6 Å². The summed E-state index contributed by atoms with van der Waals surface area (Å²) in [5.74, 6) is 2.72. The summed E-state index contributed by atoms with van der Waals surface area (Å²) in [6, 6.07) is 6.18. The Morgan fingerprint density at radius 2 is 1.93 bits per heavy atom. The number of amides is 1. The Morgan fingerprint density at radius 1 is 1.15 bits per heavy atom. The van der Waals surface area contributed by atoms with E-state index in [1.54, 1.807) is 0 Å². The van der Waals surface area contributed by atoms with Crippen LogP contribution in [0, 0.1) is 17.8 Å². The molecule has 4 atom stereocenters. The van der Waals surface area contributed by atoms with Crippen LogP contribution in [0.2, 0.25) is 0 Å². The SMILES string of the molecule is NC1C2CCC(C2)C1C(=O)NCC1(c2ccc3c(c2)OCO3)CCOCC1. The fraction of sp³-hybridized carbons (Fsp3) is 0.667. The van der Waals surface area contributed by atoms with Crippen LogP contribution in [-0.4, -0.2) is 38.5 Å². The molecule has 3 N–H and O–H groups in total. The van der Waals surface area contributed by atoms with Gasteiger partial charge in [-0.3, -0.25) is 4.79 Å². The lowest BCUT2D eigenvalue weighted by Crippen LogP contribution is -2.50. The Labute approximate surface area is 159 Å². The third-order valence-corrected chi connectivity index (χ3v) is 7.32. The molecule has 2 heterocycles. The number of fused-ring (bicyclic) bond motifs is 3. The summed E-state index contributed by atoms with van der Waals surface area (Å²) in [7, 11) is 0. The molecule has 0 aromatic heterocycles. The number of carbonyl (C=O) groups excluding carboxylic acids is 1. The molecule has 27 heavy (non-hydrogen) atoms. The predicted octanol–water partition coefficient (Wildman–Crippen LogP) is 1.95. The zero-order chi connectivity index (χ0) is 18.4. The molecule has 4 unspecified atom stereocenters. The Hall–Kier alpha value is -1.79. The van der Waals surface area contributed by atoms with Crippen LogP contribution < -0.4 is 20.5 Å². The second-order valence-electron chi connectivity index (χ2n) is 8.61. The summed E-state index contributed by atoms with van der Waals surface area (Å²) in [4.78, 5) is 13.0. The molecule has 3 fully saturated rings. The minimum absolute atomic E-state index is 0.0163. The van der Waals surface area contributed by atoms with Gasteiger partial charge in [0.15, 0.2) is 11.5 Å². The fourth-order valence-corrected chi connectivity index (χ4v) is 5.66. The minimum atomic E-state index is -0.128. The third kappa shape index (κ3) is 2.90. The van der Waals surface area contributed by atoms with Gasteiger partial charge in [0, 0.05) is 31.2 Å². The molecular weight excluding hydrogens is 344 g/mol. The first-order chi connectivity index (χ1) is 13.2. The zero-order valence-corrected chi connectivity index (χ0v) is 15.6. The van der Waals surface area contributed by atoms with E-state index in [2.05, 4.69) is 17.4 Å². The molecule has 2 saturated carbocycles. The number of carbonyl (C=O) groups is 1. The summed E-state index contributed by atoms with van der Waals surface area (Å²) >= 11 is 0. The maximum Gasteiger partial charge on any atom is 0.231 e. The van der Waals surface area contributed by atoms with Crippen molar-refractivity contribution in [3.8, 4) is 11.5 Å². The average molecular weight is 372 g/mol. The number of nitrogens with two attached hydrogens (primary N) is 1. The van der Waals surface area contributed by atoms with E-state index in [9.17, 15) is 4.79 Å². The molecule has 0 spiro atoms. The number of hydrogen-bond donors (Lipinski definition) is 2. The number of hydrogen-bond acceptors (Lipinski definition) is 5. The largest absolute Gasteiger partial charge is 0.454 e. The molecule has 2 bridgehead atoms. The van der Waals surface area contributed by atoms with Gasteiger partial charge >= 0.3 is 0 Å². The number of ether oxygens (including phenoxy) is 3. The second kappa shape index (κ2) is 6.67. The smallest absolute Gasteiger partial charge is 0.231 e. The van der Waals surface area contributed by atoms with Crippen molar-refractivity contribution in [3.05, 3.63) is 23.8 Å². The summed E-state index contributed by atoms with van der Waals surface area (Å²) in [6.45, 7) is 2.30. The van der Waals surface area contributed by atoms with Crippen LogP contribution in [0.1, 0.15) is 37.7 Å². The van der Waals surface area contributed by atoms with E-state index in [1.807, 2.05) is 6.07 Å². The van der Waals surface area contributed by atoms with Crippen molar-refractivity contribution >= 4 is 5.91 Å². The van der Waals surface area contributed by atoms with Crippen molar-refractivity contribution in [2.75, 3.05) is 26.6 Å². The van der Waals surface area contributed by atoms with E-state index in [1.165, 1.54) is 12.0 Å². The monoisotopic (exact) mass is 372 g/mol. The molecule has 1 aromatic carbocycles. The molecular formula is C21H28N2O4. The quantitative estimate of drug-likeness (QED) is 0.844. The molecule has 2 aliphatic carbocycles. The maximum atomic E-state index is 13.0. The minimum Gasteiger partial charge on any atom is -0.454 e. The van der Waals surface area contributed by atoms with E-state index < -0.39 is 0 Å². The highest BCUT2D eigenvalue weighted by Crippen LogP contribution is 2.48. The molecule has 5 rings (SSSR count). The number of benzene rings is 1. The fourth-order valence-electron chi connectivity index (χ4n) is 5.66. The first kappa shape index (κ1) is 17.3. The lowest BCUT2D eigenvalue weighted by molar-refractivity contribution is -0.127. The predicted molar refractivity (Wildman–Crippen MR) is 99.6 cm³/mol. The van der Waals surface area contributed by atoms with Gasteiger partial charge in [-0.25, -0.2) is 0 Å². The molecule has 2 aliphatic heterocycles. The highest BCUT2D eigenvalue weighted by atomic mass is 16.7. The van der Waals surface area contributed by atoms with Gasteiger partial charge in [0.1, 0.15) is 0 Å². The van der Waals surface area contributed by atoms with E-state index in [-0.39, 0.29) is 30.1 Å². The summed E-state index contributed by atoms with van der Waals surface area (Å²) in [5.41, 5.74) is 7.43. The van der Waals surface area contributed by atoms with Gasteiger partial charge < -0.3 is 25.3 Å². The summed E-state index contributed by atoms with van der Waals surface area (Å²) in [5, 5.41) is 3.27. The van der Waals surface area contributed by atoms with Crippen LogP contribution in [0.5, 0.6) is 11.5 Å². The summed E-state index contributed by atoms with van der Waals surface area (Å²) < 4.78 is 16.6. The highest BCUT2D eigenvalue weighted by Gasteiger charge is 2.49. The Bertz CT molecular complexity index is 729. The van der Waals surface area contributed by atoms with Crippen LogP contribution in [0.3, 0.4) is 0 Å². The van der Waals surface area contributed by atoms with Crippen LogP contribution in [0.25, 0.3) is 0 Å². The standard InChI is InChI=1S/C21H28N2O4/c22-19-14-2-1-13(9-14)18(19)20(24)23-11-21(5-7-25-8-6-21)15-3-4-16-17(10-15)27-12-26-16/h3-4,10,13-14,18-19H,1-2,5-9,11-12,22H2,(H,23,24). The van der Waals surface area contributed by atoms with Crippen molar-refractivity contribution in [2.45, 2.75) is 43.6 Å². The first-order valence-electron chi connectivity index (χ1n) is 10.2. The zero-order valence-electron chi connectivity index (χ0n) is 15.6. The van der Waals surface area contributed by atoms with E-state index in [4.69, 9.17) is 19.9 Å². The molecule has 6 nitrogen and oxygen atoms in total. The van der Waals surface area contributed by atoms with Crippen molar-refractivity contribution in [3.63, 3.8) is 0 Å².